The van der Waals surface area contributed by atoms with Crippen molar-refractivity contribution >= 4 is 5.65 Å². The number of aromatic nitrogens is 2. The fourth-order valence-corrected chi connectivity index (χ4v) is 2.45. The van der Waals surface area contributed by atoms with Crippen LogP contribution in [0.25, 0.3) is 5.65 Å². The summed E-state index contributed by atoms with van der Waals surface area (Å²) >= 11 is 0. The number of hydrogen-bond donors (Lipinski definition) is 0. The molecule has 0 aliphatic rings. The fraction of sp³-hybridized carbons (Fsp3) is 0.222. The molecule has 0 aliphatic carbocycles. The summed E-state index contributed by atoms with van der Waals surface area (Å²) < 4.78 is 7.43. The van der Waals surface area contributed by atoms with E-state index in [0.717, 1.165) is 22.6 Å². The van der Waals surface area contributed by atoms with Crippen LogP contribution in [0.2, 0.25) is 0 Å². The summed E-state index contributed by atoms with van der Waals surface area (Å²) in [6.07, 6.45) is 0. The summed E-state index contributed by atoms with van der Waals surface area (Å²) in [5.74, 6) is 0.825. The van der Waals surface area contributed by atoms with Gasteiger partial charge in [0.05, 0.1) is 5.69 Å². The van der Waals surface area contributed by atoms with Crippen LogP contribution in [0.5, 0.6) is 5.75 Å². The maximum absolute atomic E-state index is 12.2. The van der Waals surface area contributed by atoms with Gasteiger partial charge in [0.25, 0.3) is 5.56 Å². The minimum Gasteiger partial charge on any atom is -0.487 e. The predicted octanol–water partition coefficient (Wildman–Crippen LogP) is 3.20. The molecule has 2 heterocycles. The van der Waals surface area contributed by atoms with Crippen LogP contribution in [-0.4, -0.2) is 9.38 Å². The molecule has 0 fully saturated rings. The second-order valence-corrected chi connectivity index (χ2v) is 5.50. The standard InChI is InChI=1S/C18H18N2O2/c1-12-7-8-13(2)16(9-12)22-11-15-10-18(21)20-14(3)5-4-6-17(20)19-15/h4-10H,11H2,1-3H3. The molecule has 0 radical (unpaired) electrons. The van der Waals surface area contributed by atoms with Crippen molar-refractivity contribution in [1.29, 1.82) is 0 Å². The summed E-state index contributed by atoms with van der Waals surface area (Å²) in [5, 5.41) is 0. The van der Waals surface area contributed by atoms with Gasteiger partial charge in [-0.3, -0.25) is 9.20 Å². The summed E-state index contributed by atoms with van der Waals surface area (Å²) in [7, 11) is 0. The van der Waals surface area contributed by atoms with Gasteiger partial charge in [0.1, 0.15) is 18.0 Å². The Kier molecular flexibility index (Phi) is 3.67. The molecule has 0 unspecified atom stereocenters. The normalized spacial score (nSPS) is 10.9. The van der Waals surface area contributed by atoms with Gasteiger partial charge in [-0.25, -0.2) is 4.98 Å². The molecule has 0 aliphatic heterocycles. The highest BCUT2D eigenvalue weighted by molar-refractivity contribution is 5.40. The third kappa shape index (κ3) is 2.72. The van der Waals surface area contributed by atoms with Gasteiger partial charge in [-0.2, -0.15) is 0 Å². The average molecular weight is 294 g/mol. The van der Waals surface area contributed by atoms with Crippen LogP contribution in [0.1, 0.15) is 22.5 Å². The SMILES string of the molecule is Cc1ccc(C)c(OCc2cc(=O)n3c(C)cccc3n2)c1. The Labute approximate surface area is 129 Å². The van der Waals surface area contributed by atoms with E-state index >= 15 is 0 Å². The molecule has 4 nitrogen and oxygen atoms in total. The van der Waals surface area contributed by atoms with Crippen LogP contribution in [-0.2, 0) is 6.61 Å². The van der Waals surface area contributed by atoms with Gasteiger partial charge in [-0.1, -0.05) is 18.2 Å². The first-order chi connectivity index (χ1) is 10.5. The van der Waals surface area contributed by atoms with Crippen molar-refractivity contribution in [2.24, 2.45) is 0 Å². The molecule has 0 saturated heterocycles. The van der Waals surface area contributed by atoms with Gasteiger partial charge in [0.15, 0.2) is 0 Å². The quantitative estimate of drug-likeness (QED) is 0.745. The zero-order valence-corrected chi connectivity index (χ0v) is 13.0. The lowest BCUT2D eigenvalue weighted by atomic mass is 10.1. The van der Waals surface area contributed by atoms with E-state index in [4.69, 9.17) is 4.74 Å². The third-order valence-electron chi connectivity index (χ3n) is 3.65. The second kappa shape index (κ2) is 5.64. The van der Waals surface area contributed by atoms with Gasteiger partial charge < -0.3 is 4.74 Å². The first kappa shape index (κ1) is 14.3. The molecule has 0 atom stereocenters. The number of ether oxygens (including phenoxy) is 1. The van der Waals surface area contributed by atoms with Gasteiger partial charge in [0, 0.05) is 11.8 Å². The fourth-order valence-electron chi connectivity index (χ4n) is 2.45. The van der Waals surface area contributed by atoms with E-state index in [1.807, 2.05) is 57.2 Å². The largest absolute Gasteiger partial charge is 0.487 e. The Morgan fingerprint density at radius 3 is 2.73 bits per heavy atom. The van der Waals surface area contributed by atoms with Gasteiger partial charge in [-0.05, 0) is 50.1 Å². The molecule has 22 heavy (non-hydrogen) atoms. The third-order valence-corrected chi connectivity index (χ3v) is 3.65. The number of fused-ring (bicyclic) bond motifs is 1. The lowest BCUT2D eigenvalue weighted by Gasteiger charge is -2.10. The van der Waals surface area contributed by atoms with E-state index in [-0.39, 0.29) is 12.2 Å². The molecule has 4 heteroatoms. The molecule has 0 saturated carbocycles. The van der Waals surface area contributed by atoms with Gasteiger partial charge >= 0.3 is 0 Å². The zero-order chi connectivity index (χ0) is 15.7. The number of hydrogen-bond acceptors (Lipinski definition) is 3. The molecular formula is C18H18N2O2. The van der Waals surface area contributed by atoms with Crippen LogP contribution in [0.15, 0.2) is 47.3 Å². The smallest absolute Gasteiger partial charge is 0.258 e. The number of benzene rings is 1. The highest BCUT2D eigenvalue weighted by Gasteiger charge is 2.06. The lowest BCUT2D eigenvalue weighted by Crippen LogP contribution is -2.18. The van der Waals surface area contributed by atoms with E-state index in [2.05, 4.69) is 4.98 Å². The Morgan fingerprint density at radius 1 is 1.09 bits per heavy atom. The Balaban J connectivity index is 1.92. The van der Waals surface area contributed by atoms with E-state index in [0.29, 0.717) is 11.3 Å². The summed E-state index contributed by atoms with van der Waals surface area (Å²) in [6, 6.07) is 13.2. The highest BCUT2D eigenvalue weighted by Crippen LogP contribution is 2.20. The Morgan fingerprint density at radius 2 is 1.91 bits per heavy atom. The molecule has 1 aromatic carbocycles. The van der Waals surface area contributed by atoms with Gasteiger partial charge in [-0.15, -0.1) is 0 Å². The molecule has 0 N–H and O–H groups in total. The van der Waals surface area contributed by atoms with E-state index in [1.165, 1.54) is 6.07 Å². The number of rotatable bonds is 3. The monoisotopic (exact) mass is 294 g/mol. The molecule has 112 valence electrons. The van der Waals surface area contributed by atoms with Crippen molar-refractivity contribution in [2.75, 3.05) is 0 Å². The zero-order valence-electron chi connectivity index (χ0n) is 13.0. The van der Waals surface area contributed by atoms with Crippen molar-refractivity contribution in [3.8, 4) is 5.75 Å². The minimum absolute atomic E-state index is 0.0809. The summed E-state index contributed by atoms with van der Waals surface area (Å²) in [4.78, 5) is 16.7. The molecule has 0 spiro atoms. The maximum Gasteiger partial charge on any atom is 0.258 e. The van der Waals surface area contributed by atoms with Crippen LogP contribution >= 0.6 is 0 Å². The molecule has 0 amide bonds. The molecular weight excluding hydrogens is 276 g/mol. The Hall–Kier alpha value is -2.62. The van der Waals surface area contributed by atoms with Gasteiger partial charge in [0.2, 0.25) is 0 Å². The number of pyridine rings is 1. The van der Waals surface area contributed by atoms with E-state index in [9.17, 15) is 4.79 Å². The van der Waals surface area contributed by atoms with Crippen LogP contribution in [0, 0.1) is 20.8 Å². The number of nitrogens with zero attached hydrogens (tertiary/aromatic N) is 2. The van der Waals surface area contributed by atoms with Crippen molar-refractivity contribution < 1.29 is 4.74 Å². The van der Waals surface area contributed by atoms with Crippen LogP contribution in [0.3, 0.4) is 0 Å². The number of aryl methyl sites for hydroxylation is 3. The van der Waals surface area contributed by atoms with E-state index in [1.54, 1.807) is 4.40 Å². The molecule has 2 aromatic heterocycles. The second-order valence-electron chi connectivity index (χ2n) is 5.50. The summed E-state index contributed by atoms with van der Waals surface area (Å²) in [5.41, 5.74) is 4.28. The minimum atomic E-state index is -0.0809. The summed E-state index contributed by atoms with van der Waals surface area (Å²) in [6.45, 7) is 6.20. The topological polar surface area (TPSA) is 43.6 Å². The Bertz CT molecular complexity index is 897. The average Bonchev–Trinajstić information content (AvgIpc) is 2.48. The van der Waals surface area contributed by atoms with Crippen LogP contribution in [0.4, 0.5) is 0 Å². The molecule has 3 aromatic rings. The first-order valence-corrected chi connectivity index (χ1v) is 7.23. The van der Waals surface area contributed by atoms with E-state index < -0.39 is 0 Å². The first-order valence-electron chi connectivity index (χ1n) is 7.23. The molecule has 0 bridgehead atoms. The van der Waals surface area contributed by atoms with Crippen molar-refractivity contribution in [3.05, 3.63) is 75.3 Å². The lowest BCUT2D eigenvalue weighted by molar-refractivity contribution is 0.299. The van der Waals surface area contributed by atoms with Crippen molar-refractivity contribution in [2.45, 2.75) is 27.4 Å². The van der Waals surface area contributed by atoms with Crippen molar-refractivity contribution in [3.63, 3.8) is 0 Å². The molecule has 3 rings (SSSR count). The maximum atomic E-state index is 12.2. The van der Waals surface area contributed by atoms with Crippen molar-refractivity contribution in [1.82, 2.24) is 9.38 Å². The highest BCUT2D eigenvalue weighted by atomic mass is 16.5. The predicted molar refractivity (Wildman–Crippen MR) is 86.4 cm³/mol. The van der Waals surface area contributed by atoms with Crippen LogP contribution < -0.4 is 10.3 Å².